The molecule has 0 atom stereocenters. The molecule has 1 aromatic rings. The van der Waals surface area contributed by atoms with E-state index in [2.05, 4.69) is 11.8 Å². The van der Waals surface area contributed by atoms with Gasteiger partial charge in [-0.05, 0) is 17.7 Å². The quantitative estimate of drug-likeness (QED) is 0.471. The summed E-state index contributed by atoms with van der Waals surface area (Å²) in [4.78, 5) is 11.3. The van der Waals surface area contributed by atoms with E-state index in [0.29, 0.717) is 24.5 Å². The zero-order valence-electron chi connectivity index (χ0n) is 12.4. The summed E-state index contributed by atoms with van der Waals surface area (Å²) in [5, 5.41) is 0. The summed E-state index contributed by atoms with van der Waals surface area (Å²) in [5.74, 6) is 6.23. The van der Waals surface area contributed by atoms with Gasteiger partial charge < -0.3 is 14.2 Å². The highest BCUT2D eigenvalue weighted by Gasteiger charge is 2.05. The number of methoxy groups -OCH3 is 2. The molecule has 4 nitrogen and oxygen atoms in total. The second-order valence-electron chi connectivity index (χ2n) is 4.50. The molecule has 4 heteroatoms. The average molecular weight is 276 g/mol. The predicted octanol–water partition coefficient (Wildman–Crippen LogP) is 2.45. The Morgan fingerprint density at radius 1 is 1.20 bits per heavy atom. The van der Waals surface area contributed by atoms with Gasteiger partial charge in [-0.25, -0.2) is 4.79 Å². The lowest BCUT2D eigenvalue weighted by Gasteiger charge is -2.09. The van der Waals surface area contributed by atoms with Crippen molar-refractivity contribution in [1.82, 2.24) is 0 Å². The van der Waals surface area contributed by atoms with E-state index in [-0.39, 0.29) is 5.92 Å². The molecular weight excluding hydrogens is 256 g/mol. The first-order valence-corrected chi connectivity index (χ1v) is 6.46. The van der Waals surface area contributed by atoms with Gasteiger partial charge >= 0.3 is 5.97 Å². The number of esters is 1. The molecule has 1 aromatic carbocycles. The molecule has 0 aromatic heterocycles. The van der Waals surface area contributed by atoms with Gasteiger partial charge in [0.25, 0.3) is 0 Å². The molecule has 0 saturated carbocycles. The third-order valence-corrected chi connectivity index (χ3v) is 2.53. The van der Waals surface area contributed by atoms with Crippen molar-refractivity contribution in [3.63, 3.8) is 0 Å². The molecule has 1 rings (SSSR count). The van der Waals surface area contributed by atoms with Crippen molar-refractivity contribution >= 4 is 5.97 Å². The van der Waals surface area contributed by atoms with Crippen molar-refractivity contribution in [2.24, 2.45) is 5.92 Å². The molecule has 0 bridgehead atoms. The van der Waals surface area contributed by atoms with Crippen LogP contribution < -0.4 is 9.47 Å². The van der Waals surface area contributed by atoms with E-state index in [1.54, 1.807) is 14.2 Å². The second-order valence-corrected chi connectivity index (χ2v) is 4.50. The van der Waals surface area contributed by atoms with Gasteiger partial charge in [-0.3, -0.25) is 0 Å². The first-order valence-electron chi connectivity index (χ1n) is 6.46. The Balaban J connectivity index is 2.51. The van der Waals surface area contributed by atoms with Crippen LogP contribution in [-0.2, 0) is 16.0 Å². The van der Waals surface area contributed by atoms with Gasteiger partial charge in [-0.15, -0.1) is 0 Å². The van der Waals surface area contributed by atoms with Gasteiger partial charge in [-0.1, -0.05) is 25.8 Å². The van der Waals surface area contributed by atoms with Crippen LogP contribution in [0.15, 0.2) is 18.2 Å². The van der Waals surface area contributed by atoms with Crippen molar-refractivity contribution in [2.45, 2.75) is 20.3 Å². The molecule has 20 heavy (non-hydrogen) atoms. The van der Waals surface area contributed by atoms with E-state index in [1.165, 1.54) is 0 Å². The Morgan fingerprint density at radius 2 is 1.90 bits per heavy atom. The van der Waals surface area contributed by atoms with Crippen LogP contribution in [-0.4, -0.2) is 26.8 Å². The third-order valence-electron chi connectivity index (χ3n) is 2.53. The molecule has 0 aliphatic carbocycles. The maximum Gasteiger partial charge on any atom is 0.384 e. The molecule has 0 radical (unpaired) electrons. The lowest BCUT2D eigenvalue weighted by Crippen LogP contribution is -2.05. The standard InChI is InChI=1S/C16H20O4/c1-12(2)5-8-16(17)20-10-9-13-6-7-14(18-3)15(11-13)19-4/h6-7,11-12H,9-10H2,1-4H3. The highest BCUT2D eigenvalue weighted by Crippen LogP contribution is 2.27. The molecule has 0 spiro atoms. The Labute approximate surface area is 120 Å². The monoisotopic (exact) mass is 276 g/mol. The molecule has 0 amide bonds. The summed E-state index contributed by atoms with van der Waals surface area (Å²) in [6.45, 7) is 4.13. The van der Waals surface area contributed by atoms with Crippen LogP contribution in [0.5, 0.6) is 11.5 Å². The van der Waals surface area contributed by atoms with Crippen molar-refractivity contribution in [3.8, 4) is 23.3 Å². The number of carbonyl (C=O) groups is 1. The number of rotatable bonds is 5. The van der Waals surface area contributed by atoms with Gasteiger partial charge in [0.1, 0.15) is 0 Å². The molecule has 0 N–H and O–H groups in total. The molecular formula is C16H20O4. The van der Waals surface area contributed by atoms with E-state index in [9.17, 15) is 4.79 Å². The molecule has 0 aliphatic heterocycles. The van der Waals surface area contributed by atoms with Gasteiger partial charge in [0.15, 0.2) is 11.5 Å². The number of carbonyl (C=O) groups excluding carboxylic acids is 1. The number of ether oxygens (including phenoxy) is 3. The molecule has 0 aliphatic rings. The first-order chi connectivity index (χ1) is 9.56. The molecule has 0 unspecified atom stereocenters. The van der Waals surface area contributed by atoms with Crippen molar-refractivity contribution < 1.29 is 19.0 Å². The fourth-order valence-corrected chi connectivity index (χ4v) is 1.54. The lowest BCUT2D eigenvalue weighted by molar-refractivity contribution is -0.136. The number of hydrogen-bond acceptors (Lipinski definition) is 4. The number of benzene rings is 1. The predicted molar refractivity (Wildman–Crippen MR) is 76.8 cm³/mol. The smallest absolute Gasteiger partial charge is 0.384 e. The summed E-state index contributed by atoms with van der Waals surface area (Å²) in [7, 11) is 3.18. The minimum absolute atomic E-state index is 0.161. The summed E-state index contributed by atoms with van der Waals surface area (Å²) in [6.07, 6.45) is 0.607. The topological polar surface area (TPSA) is 44.8 Å². The third kappa shape index (κ3) is 5.23. The van der Waals surface area contributed by atoms with E-state index in [0.717, 1.165) is 5.56 Å². The fraction of sp³-hybridized carbons (Fsp3) is 0.438. The fourth-order valence-electron chi connectivity index (χ4n) is 1.54. The molecule has 0 fully saturated rings. The molecule has 0 heterocycles. The van der Waals surface area contributed by atoms with Crippen LogP contribution in [0.1, 0.15) is 19.4 Å². The molecule has 108 valence electrons. The highest BCUT2D eigenvalue weighted by atomic mass is 16.5. The maximum atomic E-state index is 11.3. The average Bonchev–Trinajstić information content (AvgIpc) is 2.44. The van der Waals surface area contributed by atoms with Crippen molar-refractivity contribution in [2.75, 3.05) is 20.8 Å². The summed E-state index contributed by atoms with van der Waals surface area (Å²) < 4.78 is 15.4. The Bertz CT molecular complexity index is 509. The van der Waals surface area contributed by atoms with E-state index >= 15 is 0 Å². The largest absolute Gasteiger partial charge is 0.493 e. The van der Waals surface area contributed by atoms with Crippen LogP contribution >= 0.6 is 0 Å². The summed E-state index contributed by atoms with van der Waals surface area (Å²) in [6, 6.07) is 5.61. The second kappa shape index (κ2) is 8.11. The van der Waals surface area contributed by atoms with E-state index < -0.39 is 5.97 Å². The van der Waals surface area contributed by atoms with Crippen molar-refractivity contribution in [1.29, 1.82) is 0 Å². The van der Waals surface area contributed by atoms with Gasteiger partial charge in [0.2, 0.25) is 0 Å². The Hall–Kier alpha value is -2.15. The van der Waals surface area contributed by atoms with Gasteiger partial charge in [0.05, 0.1) is 20.8 Å². The normalized spacial score (nSPS) is 9.65. The van der Waals surface area contributed by atoms with Crippen LogP contribution in [0.25, 0.3) is 0 Å². The number of hydrogen-bond donors (Lipinski definition) is 0. The minimum atomic E-state index is -0.487. The van der Waals surface area contributed by atoms with Crippen LogP contribution in [0, 0.1) is 17.8 Å². The highest BCUT2D eigenvalue weighted by molar-refractivity contribution is 5.88. The Kier molecular flexibility index (Phi) is 6.45. The van der Waals surface area contributed by atoms with E-state index in [1.807, 2.05) is 32.0 Å². The first kappa shape index (κ1) is 15.9. The van der Waals surface area contributed by atoms with Crippen molar-refractivity contribution in [3.05, 3.63) is 23.8 Å². The summed E-state index contributed by atoms with van der Waals surface area (Å²) >= 11 is 0. The SMILES string of the molecule is COc1ccc(CCOC(=O)C#CC(C)C)cc1OC. The summed E-state index contributed by atoms with van der Waals surface area (Å²) in [5.41, 5.74) is 1.01. The molecule has 0 saturated heterocycles. The zero-order valence-corrected chi connectivity index (χ0v) is 12.4. The van der Waals surface area contributed by atoms with E-state index in [4.69, 9.17) is 14.2 Å². The van der Waals surface area contributed by atoms with Crippen LogP contribution in [0.2, 0.25) is 0 Å². The zero-order chi connectivity index (χ0) is 15.0. The lowest BCUT2D eigenvalue weighted by atomic mass is 10.1. The van der Waals surface area contributed by atoms with Crippen LogP contribution in [0.4, 0.5) is 0 Å². The minimum Gasteiger partial charge on any atom is -0.493 e. The van der Waals surface area contributed by atoms with Crippen LogP contribution in [0.3, 0.4) is 0 Å². The maximum absolute atomic E-state index is 11.3. The van der Waals surface area contributed by atoms with Gasteiger partial charge in [0, 0.05) is 18.3 Å². The van der Waals surface area contributed by atoms with Gasteiger partial charge in [-0.2, -0.15) is 0 Å². The Morgan fingerprint density at radius 3 is 2.50 bits per heavy atom.